The van der Waals surface area contributed by atoms with Gasteiger partial charge in [0.1, 0.15) is 0 Å². The van der Waals surface area contributed by atoms with Gasteiger partial charge in [0.15, 0.2) is 17.5 Å². The second kappa shape index (κ2) is 14.8. The van der Waals surface area contributed by atoms with Crippen LogP contribution in [0.3, 0.4) is 0 Å². The standard InChI is InChI=1S/C62H39N3/c1-3-17-40(18-4-1)43-22-15-24-46(37-43)60-63-59(42-20-5-2-6-21-42)64-61(65-60)47-25-16-23-45(38-47)58-48-26-8-7-19-41(48)33-35-49(58)44-34-36-53-52-29-11-14-32-56(52)62(57(53)39-44)54-30-12-9-27-50(54)51-28-10-13-31-55(51)62/h1-39H. The van der Waals surface area contributed by atoms with Gasteiger partial charge >= 0.3 is 0 Å². The lowest BCUT2D eigenvalue weighted by atomic mass is 9.70. The van der Waals surface area contributed by atoms with Crippen molar-refractivity contribution >= 4 is 10.8 Å². The quantitative estimate of drug-likeness (QED) is 0.168. The van der Waals surface area contributed by atoms with Crippen molar-refractivity contribution in [2.24, 2.45) is 0 Å². The zero-order valence-electron chi connectivity index (χ0n) is 35.4. The summed E-state index contributed by atoms with van der Waals surface area (Å²) >= 11 is 0. The van der Waals surface area contributed by atoms with Gasteiger partial charge in [0.05, 0.1) is 5.41 Å². The number of rotatable bonds is 6. The molecular weight excluding hydrogens is 787 g/mol. The van der Waals surface area contributed by atoms with Crippen molar-refractivity contribution in [3.8, 4) is 89.8 Å². The minimum absolute atomic E-state index is 0.431. The molecule has 0 radical (unpaired) electrons. The maximum atomic E-state index is 5.23. The van der Waals surface area contributed by atoms with Gasteiger partial charge in [0, 0.05) is 16.7 Å². The number of hydrogen-bond acceptors (Lipinski definition) is 3. The Hall–Kier alpha value is -8.53. The fourth-order valence-electron chi connectivity index (χ4n) is 10.7. The first-order valence-corrected chi connectivity index (χ1v) is 22.3. The van der Waals surface area contributed by atoms with Crippen LogP contribution in [-0.4, -0.2) is 15.0 Å². The topological polar surface area (TPSA) is 38.7 Å². The summed E-state index contributed by atoms with van der Waals surface area (Å²) in [5, 5.41) is 2.38. The maximum Gasteiger partial charge on any atom is 0.164 e. The van der Waals surface area contributed by atoms with Crippen molar-refractivity contribution in [3.05, 3.63) is 259 Å². The van der Waals surface area contributed by atoms with E-state index < -0.39 is 5.41 Å². The minimum atomic E-state index is -0.431. The highest BCUT2D eigenvalue weighted by molar-refractivity contribution is 6.05. The van der Waals surface area contributed by atoms with E-state index in [1.54, 1.807) is 0 Å². The van der Waals surface area contributed by atoms with E-state index in [0.29, 0.717) is 17.5 Å². The lowest BCUT2D eigenvalue weighted by molar-refractivity contribution is 0.794. The summed E-state index contributed by atoms with van der Waals surface area (Å²) in [6.07, 6.45) is 0. The third kappa shape index (κ3) is 5.79. The van der Waals surface area contributed by atoms with E-state index in [1.807, 2.05) is 24.3 Å². The molecule has 10 aromatic carbocycles. The number of benzene rings is 10. The van der Waals surface area contributed by atoms with E-state index in [1.165, 1.54) is 72.0 Å². The van der Waals surface area contributed by atoms with Crippen LogP contribution >= 0.6 is 0 Å². The molecule has 3 nitrogen and oxygen atoms in total. The summed E-state index contributed by atoms with van der Waals surface area (Å²) < 4.78 is 0. The Morgan fingerprint density at radius 1 is 0.246 bits per heavy atom. The molecule has 0 saturated carbocycles. The molecule has 2 aliphatic rings. The average molecular weight is 826 g/mol. The Kier molecular flexibility index (Phi) is 8.44. The highest BCUT2D eigenvalue weighted by Gasteiger charge is 2.51. The van der Waals surface area contributed by atoms with Gasteiger partial charge in [0.25, 0.3) is 0 Å². The molecule has 65 heavy (non-hydrogen) atoms. The molecule has 11 aromatic rings. The van der Waals surface area contributed by atoms with E-state index >= 15 is 0 Å². The number of nitrogens with zero attached hydrogens (tertiary/aromatic N) is 3. The smallest absolute Gasteiger partial charge is 0.164 e. The van der Waals surface area contributed by atoms with Crippen LogP contribution in [0, 0.1) is 0 Å². The van der Waals surface area contributed by atoms with Gasteiger partial charge in [-0.1, -0.05) is 218 Å². The molecular formula is C62H39N3. The average Bonchev–Trinajstić information content (AvgIpc) is 3.86. The van der Waals surface area contributed by atoms with E-state index in [-0.39, 0.29) is 0 Å². The normalized spacial score (nSPS) is 12.7. The third-order valence-electron chi connectivity index (χ3n) is 13.5. The molecule has 1 heterocycles. The summed E-state index contributed by atoms with van der Waals surface area (Å²) in [6, 6.07) is 85.4. The predicted octanol–water partition coefficient (Wildman–Crippen LogP) is 15.4. The Balaban J connectivity index is 0.998. The van der Waals surface area contributed by atoms with Gasteiger partial charge in [-0.25, -0.2) is 15.0 Å². The second-order valence-corrected chi connectivity index (χ2v) is 17.1. The van der Waals surface area contributed by atoms with Crippen molar-refractivity contribution in [1.29, 1.82) is 0 Å². The molecule has 0 amide bonds. The number of hydrogen-bond donors (Lipinski definition) is 0. The summed E-state index contributed by atoms with van der Waals surface area (Å²) in [5.74, 6) is 1.89. The van der Waals surface area contributed by atoms with Crippen LogP contribution < -0.4 is 0 Å². The molecule has 302 valence electrons. The summed E-state index contributed by atoms with van der Waals surface area (Å²) in [7, 11) is 0. The van der Waals surface area contributed by atoms with Crippen LogP contribution in [-0.2, 0) is 5.41 Å². The van der Waals surface area contributed by atoms with Crippen LogP contribution in [0.1, 0.15) is 22.3 Å². The van der Waals surface area contributed by atoms with Crippen LogP contribution in [0.2, 0.25) is 0 Å². The fraction of sp³-hybridized carbons (Fsp3) is 0.0161. The first kappa shape index (κ1) is 37.1. The Morgan fingerprint density at radius 3 is 1.32 bits per heavy atom. The van der Waals surface area contributed by atoms with Crippen molar-refractivity contribution in [3.63, 3.8) is 0 Å². The molecule has 13 rings (SSSR count). The summed E-state index contributed by atoms with van der Waals surface area (Å²) in [4.78, 5) is 15.5. The van der Waals surface area contributed by atoms with Gasteiger partial charge in [-0.15, -0.1) is 0 Å². The zero-order valence-corrected chi connectivity index (χ0v) is 35.4. The van der Waals surface area contributed by atoms with Crippen molar-refractivity contribution in [2.75, 3.05) is 0 Å². The molecule has 1 spiro atoms. The van der Waals surface area contributed by atoms with Crippen LogP contribution in [0.25, 0.3) is 101 Å². The fourth-order valence-corrected chi connectivity index (χ4v) is 10.7. The van der Waals surface area contributed by atoms with Crippen LogP contribution in [0.15, 0.2) is 237 Å². The molecule has 1 aromatic heterocycles. The molecule has 0 unspecified atom stereocenters. The predicted molar refractivity (Wildman–Crippen MR) is 266 cm³/mol. The van der Waals surface area contributed by atoms with E-state index in [9.17, 15) is 0 Å². The molecule has 2 aliphatic carbocycles. The lowest BCUT2D eigenvalue weighted by Crippen LogP contribution is -2.25. The number of fused-ring (bicyclic) bond motifs is 11. The SMILES string of the molecule is c1ccc(-c2cccc(-c3nc(-c4ccccc4)nc(-c4cccc(-c5c(-c6ccc7c(c6)C6(c8ccccc8-c8ccccc86)c6ccccc6-7)ccc6ccccc56)c4)n3)c2)cc1. The van der Waals surface area contributed by atoms with Gasteiger partial charge < -0.3 is 0 Å². The molecule has 0 aliphatic heterocycles. The van der Waals surface area contributed by atoms with E-state index in [2.05, 4.69) is 212 Å². The van der Waals surface area contributed by atoms with Gasteiger partial charge in [-0.05, 0) is 107 Å². The highest BCUT2D eigenvalue weighted by atomic mass is 15.0. The Bertz CT molecular complexity index is 3600. The van der Waals surface area contributed by atoms with E-state index in [0.717, 1.165) is 33.4 Å². The third-order valence-corrected chi connectivity index (χ3v) is 13.5. The van der Waals surface area contributed by atoms with Crippen LogP contribution in [0.4, 0.5) is 0 Å². The largest absolute Gasteiger partial charge is 0.208 e. The van der Waals surface area contributed by atoms with Gasteiger partial charge in [-0.3, -0.25) is 0 Å². The van der Waals surface area contributed by atoms with Crippen molar-refractivity contribution in [2.45, 2.75) is 5.41 Å². The zero-order chi connectivity index (χ0) is 42.9. The van der Waals surface area contributed by atoms with E-state index in [4.69, 9.17) is 15.0 Å². The van der Waals surface area contributed by atoms with Crippen LogP contribution in [0.5, 0.6) is 0 Å². The van der Waals surface area contributed by atoms with Crippen molar-refractivity contribution < 1.29 is 0 Å². The molecule has 0 saturated heterocycles. The first-order chi connectivity index (χ1) is 32.2. The first-order valence-electron chi connectivity index (χ1n) is 22.3. The van der Waals surface area contributed by atoms with Gasteiger partial charge in [0.2, 0.25) is 0 Å². The monoisotopic (exact) mass is 825 g/mol. The summed E-state index contributed by atoms with van der Waals surface area (Å²) in [5.41, 5.74) is 19.8. The maximum absolute atomic E-state index is 5.23. The Morgan fingerprint density at radius 2 is 0.692 bits per heavy atom. The van der Waals surface area contributed by atoms with Crippen molar-refractivity contribution in [1.82, 2.24) is 15.0 Å². The number of aromatic nitrogens is 3. The second-order valence-electron chi connectivity index (χ2n) is 17.1. The van der Waals surface area contributed by atoms with Gasteiger partial charge in [-0.2, -0.15) is 0 Å². The lowest BCUT2D eigenvalue weighted by Gasteiger charge is -2.30. The highest BCUT2D eigenvalue weighted by Crippen LogP contribution is 2.63. The molecule has 0 N–H and O–H groups in total. The Labute approximate surface area is 378 Å². The molecule has 0 atom stereocenters. The molecule has 0 bridgehead atoms. The molecule has 3 heteroatoms. The molecule has 0 fully saturated rings. The minimum Gasteiger partial charge on any atom is -0.208 e. The summed E-state index contributed by atoms with van der Waals surface area (Å²) in [6.45, 7) is 0.